The van der Waals surface area contributed by atoms with Crippen molar-refractivity contribution < 1.29 is 14.0 Å². The van der Waals surface area contributed by atoms with Crippen LogP contribution in [0.1, 0.15) is 34.6 Å². The van der Waals surface area contributed by atoms with Crippen LogP contribution in [0.2, 0.25) is 0 Å². The maximum Gasteiger partial charge on any atom is 0.255 e. The number of carbonyl (C=O) groups is 2. The third-order valence-corrected chi connectivity index (χ3v) is 3.53. The minimum Gasteiger partial charge on any atom is -0.339 e. The number of hydrogen-bond donors (Lipinski definition) is 1. The minimum absolute atomic E-state index is 0.0629. The smallest absolute Gasteiger partial charge is 0.255 e. The van der Waals surface area contributed by atoms with E-state index in [1.807, 2.05) is 13.8 Å². The van der Waals surface area contributed by atoms with Crippen molar-refractivity contribution in [3.8, 4) is 0 Å². The van der Waals surface area contributed by atoms with E-state index in [1.54, 1.807) is 35.2 Å². The van der Waals surface area contributed by atoms with Gasteiger partial charge < -0.3 is 10.2 Å². The summed E-state index contributed by atoms with van der Waals surface area (Å²) < 4.78 is 13.1. The Morgan fingerprint density at radius 1 is 1.00 bits per heavy atom. The maximum atomic E-state index is 13.1. The van der Waals surface area contributed by atoms with Gasteiger partial charge in [0.15, 0.2) is 0 Å². The molecule has 2 aromatic carbocycles. The predicted octanol–water partition coefficient (Wildman–Crippen LogP) is 3.56. The Morgan fingerprint density at radius 3 is 2.17 bits per heavy atom. The monoisotopic (exact) mass is 314 g/mol. The summed E-state index contributed by atoms with van der Waals surface area (Å²) in [6, 6.07) is 12.1. The zero-order valence-electron chi connectivity index (χ0n) is 13.2. The van der Waals surface area contributed by atoms with E-state index in [2.05, 4.69) is 5.32 Å². The summed E-state index contributed by atoms with van der Waals surface area (Å²) in [5, 5.41) is 2.62. The van der Waals surface area contributed by atoms with E-state index in [0.29, 0.717) is 29.9 Å². The van der Waals surface area contributed by atoms with E-state index in [-0.39, 0.29) is 11.8 Å². The molecule has 0 atom stereocenters. The maximum absolute atomic E-state index is 13.1. The van der Waals surface area contributed by atoms with Gasteiger partial charge in [-0.15, -0.1) is 0 Å². The van der Waals surface area contributed by atoms with Crippen molar-refractivity contribution in [3.63, 3.8) is 0 Å². The molecule has 0 aliphatic heterocycles. The summed E-state index contributed by atoms with van der Waals surface area (Å²) in [6.07, 6.45) is 0. The molecule has 0 aliphatic carbocycles. The number of amides is 2. The predicted molar refractivity (Wildman–Crippen MR) is 88.0 cm³/mol. The highest BCUT2D eigenvalue weighted by atomic mass is 19.1. The standard InChI is InChI=1S/C18H19FN2O2/c1-3-21(4-2)18(23)14-10-8-13(9-11-14)17(22)20-16-7-5-6-15(19)12-16/h5-12H,3-4H2,1-2H3,(H,20,22). The average Bonchev–Trinajstić information content (AvgIpc) is 2.56. The summed E-state index contributed by atoms with van der Waals surface area (Å²) in [5.41, 5.74) is 1.33. The van der Waals surface area contributed by atoms with Crippen LogP contribution in [0, 0.1) is 5.82 Å². The molecule has 0 fully saturated rings. The molecule has 0 unspecified atom stereocenters. The van der Waals surface area contributed by atoms with Gasteiger partial charge in [-0.3, -0.25) is 9.59 Å². The fraction of sp³-hybridized carbons (Fsp3) is 0.222. The number of carbonyl (C=O) groups excluding carboxylic acids is 2. The molecule has 2 aromatic rings. The van der Waals surface area contributed by atoms with Crippen molar-refractivity contribution in [1.29, 1.82) is 0 Å². The molecule has 4 nitrogen and oxygen atoms in total. The molecule has 5 heteroatoms. The van der Waals surface area contributed by atoms with Crippen LogP contribution in [0.5, 0.6) is 0 Å². The van der Waals surface area contributed by atoms with Crippen LogP contribution in [0.15, 0.2) is 48.5 Å². The van der Waals surface area contributed by atoms with Gasteiger partial charge in [0.2, 0.25) is 0 Å². The van der Waals surface area contributed by atoms with Crippen LogP contribution < -0.4 is 5.32 Å². The first-order valence-corrected chi connectivity index (χ1v) is 7.51. The Balaban J connectivity index is 2.10. The zero-order chi connectivity index (χ0) is 16.8. The van der Waals surface area contributed by atoms with Crippen LogP contribution in [0.3, 0.4) is 0 Å². The van der Waals surface area contributed by atoms with Gasteiger partial charge in [0.05, 0.1) is 0 Å². The number of halogens is 1. The van der Waals surface area contributed by atoms with Gasteiger partial charge in [0, 0.05) is 29.9 Å². The molecule has 0 aliphatic rings. The highest BCUT2D eigenvalue weighted by molar-refractivity contribution is 6.05. The Labute approximate surface area is 134 Å². The fourth-order valence-corrected chi connectivity index (χ4v) is 2.23. The summed E-state index contributed by atoms with van der Waals surface area (Å²) in [7, 11) is 0. The van der Waals surface area contributed by atoms with Crippen molar-refractivity contribution in [2.45, 2.75) is 13.8 Å². The first-order valence-electron chi connectivity index (χ1n) is 7.51. The number of nitrogens with one attached hydrogen (secondary N) is 1. The van der Waals surface area contributed by atoms with Gasteiger partial charge in [0.1, 0.15) is 5.82 Å². The van der Waals surface area contributed by atoms with E-state index >= 15 is 0 Å². The Morgan fingerprint density at radius 2 is 1.61 bits per heavy atom. The van der Waals surface area contributed by atoms with Crippen LogP contribution in [0.25, 0.3) is 0 Å². The molecular weight excluding hydrogens is 295 g/mol. The normalized spacial score (nSPS) is 10.2. The van der Waals surface area contributed by atoms with Crippen LogP contribution in [0.4, 0.5) is 10.1 Å². The van der Waals surface area contributed by atoms with Gasteiger partial charge in [-0.1, -0.05) is 6.07 Å². The second-order valence-corrected chi connectivity index (χ2v) is 5.02. The number of hydrogen-bond acceptors (Lipinski definition) is 2. The van der Waals surface area contributed by atoms with Crippen molar-refractivity contribution in [2.75, 3.05) is 18.4 Å². The number of nitrogens with zero attached hydrogens (tertiary/aromatic N) is 1. The summed E-state index contributed by atoms with van der Waals surface area (Å²) >= 11 is 0. The highest BCUT2D eigenvalue weighted by Crippen LogP contribution is 2.13. The topological polar surface area (TPSA) is 49.4 Å². The number of rotatable bonds is 5. The van der Waals surface area contributed by atoms with Gasteiger partial charge in [-0.2, -0.15) is 0 Å². The first-order chi connectivity index (χ1) is 11.0. The van der Waals surface area contributed by atoms with Gasteiger partial charge >= 0.3 is 0 Å². The lowest BCUT2D eigenvalue weighted by Crippen LogP contribution is -2.30. The lowest BCUT2D eigenvalue weighted by Gasteiger charge is -2.18. The first kappa shape index (κ1) is 16.7. The number of benzene rings is 2. The SMILES string of the molecule is CCN(CC)C(=O)c1ccc(C(=O)Nc2cccc(F)c2)cc1. The molecule has 0 radical (unpaired) electrons. The molecule has 0 aromatic heterocycles. The van der Waals surface area contributed by atoms with E-state index < -0.39 is 5.82 Å². The molecule has 2 rings (SSSR count). The number of anilines is 1. The third kappa shape index (κ3) is 4.16. The van der Waals surface area contributed by atoms with Crippen molar-refractivity contribution in [3.05, 3.63) is 65.5 Å². The molecule has 0 saturated heterocycles. The molecule has 0 spiro atoms. The highest BCUT2D eigenvalue weighted by Gasteiger charge is 2.13. The van der Waals surface area contributed by atoms with Crippen LogP contribution >= 0.6 is 0 Å². The Hall–Kier alpha value is -2.69. The van der Waals surface area contributed by atoms with Gasteiger partial charge in [0.25, 0.3) is 11.8 Å². The third-order valence-electron chi connectivity index (χ3n) is 3.53. The minimum atomic E-state index is -0.414. The molecule has 23 heavy (non-hydrogen) atoms. The largest absolute Gasteiger partial charge is 0.339 e. The van der Waals surface area contributed by atoms with E-state index in [0.717, 1.165) is 0 Å². The van der Waals surface area contributed by atoms with Gasteiger partial charge in [-0.05, 0) is 56.3 Å². The second-order valence-electron chi connectivity index (χ2n) is 5.02. The molecule has 0 heterocycles. The lowest BCUT2D eigenvalue weighted by molar-refractivity contribution is 0.0772. The summed E-state index contributed by atoms with van der Waals surface area (Å²) in [6.45, 7) is 5.11. The summed E-state index contributed by atoms with van der Waals surface area (Å²) in [4.78, 5) is 26.0. The quantitative estimate of drug-likeness (QED) is 0.917. The molecule has 120 valence electrons. The molecule has 0 bridgehead atoms. The van der Waals surface area contributed by atoms with Crippen molar-refractivity contribution in [1.82, 2.24) is 4.90 Å². The molecule has 0 saturated carbocycles. The fourth-order valence-electron chi connectivity index (χ4n) is 2.23. The average molecular weight is 314 g/mol. The lowest BCUT2D eigenvalue weighted by atomic mass is 10.1. The van der Waals surface area contributed by atoms with Crippen molar-refractivity contribution >= 4 is 17.5 Å². The zero-order valence-corrected chi connectivity index (χ0v) is 13.2. The van der Waals surface area contributed by atoms with E-state index in [9.17, 15) is 14.0 Å². The van der Waals surface area contributed by atoms with Crippen LogP contribution in [-0.4, -0.2) is 29.8 Å². The Kier molecular flexibility index (Phi) is 5.46. The van der Waals surface area contributed by atoms with Crippen molar-refractivity contribution in [2.24, 2.45) is 0 Å². The molecule has 2 amide bonds. The second kappa shape index (κ2) is 7.54. The Bertz CT molecular complexity index is 694. The molecular formula is C18H19FN2O2. The van der Waals surface area contributed by atoms with Crippen LogP contribution in [-0.2, 0) is 0 Å². The molecule has 1 N–H and O–H groups in total. The summed E-state index contributed by atoms with van der Waals surface area (Å²) in [5.74, 6) is -0.826. The van der Waals surface area contributed by atoms with E-state index in [4.69, 9.17) is 0 Å². The van der Waals surface area contributed by atoms with Gasteiger partial charge in [-0.25, -0.2) is 4.39 Å². The van der Waals surface area contributed by atoms with E-state index in [1.165, 1.54) is 18.2 Å².